The molecule has 0 bridgehead atoms. The second-order valence-corrected chi connectivity index (χ2v) is 2.30. The first-order valence-electron chi connectivity index (χ1n) is 3.51. The molecule has 2 aromatic rings. The number of nitrogens with zero attached hydrogens (tertiary/aromatic N) is 1. The largest absolute Gasteiger partial charge is 3.00 e. The molecule has 0 aliphatic heterocycles. The van der Waals surface area contributed by atoms with Crippen LogP contribution in [0, 0.1) is 0 Å². The van der Waals surface area contributed by atoms with E-state index in [9.17, 15) is 0 Å². The quantitative estimate of drug-likeness (QED) is 0.673. The fourth-order valence-electron chi connectivity index (χ4n) is 1.02. The van der Waals surface area contributed by atoms with Gasteiger partial charge in [0.05, 0.1) is 0 Å². The minimum absolute atomic E-state index is 0. The second-order valence-electron chi connectivity index (χ2n) is 2.30. The molecule has 1 aromatic heterocycles. The second kappa shape index (κ2) is 5.90. The van der Waals surface area contributed by atoms with E-state index in [1.165, 1.54) is 0 Å². The SMILES string of the molecule is [Cl-].[Ru+3].c1ccc(-c2ncc[nH]2)cc1. The molecule has 1 N–H and O–H groups in total. The Bertz CT molecular complexity index is 321. The van der Waals surface area contributed by atoms with Crippen molar-refractivity contribution >= 4 is 0 Å². The van der Waals surface area contributed by atoms with Crippen LogP contribution in [0.3, 0.4) is 0 Å². The molecule has 0 atom stereocenters. The topological polar surface area (TPSA) is 28.7 Å². The van der Waals surface area contributed by atoms with Gasteiger partial charge in [-0.05, 0) is 0 Å². The number of benzene rings is 1. The van der Waals surface area contributed by atoms with Gasteiger partial charge in [0.2, 0.25) is 0 Å². The Balaban J connectivity index is 0.000000720. The van der Waals surface area contributed by atoms with Crippen molar-refractivity contribution in [2.75, 3.05) is 0 Å². The summed E-state index contributed by atoms with van der Waals surface area (Å²) < 4.78 is 0. The number of hydrogen-bond donors (Lipinski definition) is 1. The van der Waals surface area contributed by atoms with Crippen LogP contribution in [0.25, 0.3) is 11.4 Å². The molecule has 2 nitrogen and oxygen atoms in total. The molecular weight excluding hydrogens is 273 g/mol. The molecule has 0 spiro atoms. The van der Waals surface area contributed by atoms with Crippen molar-refractivity contribution in [3.05, 3.63) is 42.7 Å². The van der Waals surface area contributed by atoms with Crippen LogP contribution < -0.4 is 12.4 Å². The first kappa shape index (κ1) is 12.3. The van der Waals surface area contributed by atoms with E-state index < -0.39 is 0 Å². The van der Waals surface area contributed by atoms with Gasteiger partial charge in [-0.2, -0.15) is 0 Å². The maximum absolute atomic E-state index is 4.13. The third-order valence-corrected chi connectivity index (χ3v) is 1.55. The predicted molar refractivity (Wildman–Crippen MR) is 44.0 cm³/mol. The van der Waals surface area contributed by atoms with Crippen LogP contribution >= 0.6 is 0 Å². The smallest absolute Gasteiger partial charge is 1.00 e. The average molecular weight is 281 g/mol. The van der Waals surface area contributed by atoms with Gasteiger partial charge in [0.15, 0.2) is 0 Å². The van der Waals surface area contributed by atoms with E-state index in [0.29, 0.717) is 0 Å². The van der Waals surface area contributed by atoms with E-state index in [0.717, 1.165) is 11.4 Å². The van der Waals surface area contributed by atoms with Crippen molar-refractivity contribution in [1.29, 1.82) is 0 Å². The summed E-state index contributed by atoms with van der Waals surface area (Å²) in [5, 5.41) is 0. The summed E-state index contributed by atoms with van der Waals surface area (Å²) in [7, 11) is 0. The van der Waals surface area contributed by atoms with Gasteiger partial charge in [-0.25, -0.2) is 4.98 Å². The normalized spacial score (nSPS) is 8.31. The van der Waals surface area contributed by atoms with Gasteiger partial charge in [-0.1, -0.05) is 30.3 Å². The Hall–Kier alpha value is -0.657. The van der Waals surface area contributed by atoms with Crippen LogP contribution in [0.5, 0.6) is 0 Å². The number of nitrogens with one attached hydrogen (secondary N) is 1. The number of H-pyrrole nitrogens is 1. The summed E-state index contributed by atoms with van der Waals surface area (Å²) in [5.41, 5.74) is 1.12. The third kappa shape index (κ3) is 2.94. The molecule has 0 amide bonds. The van der Waals surface area contributed by atoms with Crippen molar-refractivity contribution in [2.24, 2.45) is 0 Å². The van der Waals surface area contributed by atoms with Crippen LogP contribution in [0.15, 0.2) is 42.7 Å². The molecular formula is C9H8ClN2Ru+2. The first-order chi connectivity index (χ1) is 5.47. The molecule has 0 aliphatic carbocycles. The van der Waals surface area contributed by atoms with Crippen molar-refractivity contribution in [1.82, 2.24) is 9.97 Å². The van der Waals surface area contributed by atoms with Crippen LogP contribution in [0.1, 0.15) is 0 Å². The van der Waals surface area contributed by atoms with Crippen molar-refractivity contribution in [3.63, 3.8) is 0 Å². The van der Waals surface area contributed by atoms with Crippen molar-refractivity contribution in [2.45, 2.75) is 0 Å². The van der Waals surface area contributed by atoms with Crippen molar-refractivity contribution < 1.29 is 31.9 Å². The predicted octanol–water partition coefficient (Wildman–Crippen LogP) is -0.922. The van der Waals surface area contributed by atoms with Gasteiger partial charge in [0.1, 0.15) is 5.82 Å². The molecule has 0 fully saturated rings. The molecule has 1 aromatic carbocycles. The van der Waals surface area contributed by atoms with Gasteiger partial charge in [0.25, 0.3) is 0 Å². The van der Waals surface area contributed by atoms with Crippen molar-refractivity contribution in [3.8, 4) is 11.4 Å². The number of rotatable bonds is 1. The summed E-state index contributed by atoms with van der Waals surface area (Å²) in [5.74, 6) is 0.922. The molecule has 13 heavy (non-hydrogen) atoms. The number of aromatic nitrogens is 2. The van der Waals surface area contributed by atoms with Gasteiger partial charge < -0.3 is 17.4 Å². The minimum atomic E-state index is 0. The molecule has 0 unspecified atom stereocenters. The van der Waals surface area contributed by atoms with Crippen LogP contribution in [0.2, 0.25) is 0 Å². The Morgan fingerprint density at radius 1 is 1.08 bits per heavy atom. The molecule has 2 rings (SSSR count). The van der Waals surface area contributed by atoms with Crippen LogP contribution in [-0.2, 0) is 19.5 Å². The van der Waals surface area contributed by atoms with Crippen LogP contribution in [0.4, 0.5) is 0 Å². The average Bonchev–Trinajstić information content (AvgIpc) is 2.58. The van der Waals surface area contributed by atoms with Gasteiger partial charge in [-0.15, -0.1) is 0 Å². The molecule has 0 saturated heterocycles. The zero-order valence-corrected chi connectivity index (χ0v) is 9.21. The molecule has 0 aliphatic rings. The van der Waals surface area contributed by atoms with E-state index in [4.69, 9.17) is 0 Å². The zero-order valence-electron chi connectivity index (χ0n) is 6.72. The number of halogens is 1. The van der Waals surface area contributed by atoms with E-state index in [2.05, 4.69) is 9.97 Å². The minimum Gasteiger partial charge on any atom is -1.00 e. The number of hydrogen-bond acceptors (Lipinski definition) is 1. The molecule has 0 saturated carbocycles. The number of imidazole rings is 1. The summed E-state index contributed by atoms with van der Waals surface area (Å²) in [6.07, 6.45) is 3.57. The Morgan fingerprint density at radius 2 is 1.77 bits per heavy atom. The third-order valence-electron chi connectivity index (χ3n) is 1.55. The maximum atomic E-state index is 4.13. The summed E-state index contributed by atoms with van der Waals surface area (Å²) in [6, 6.07) is 10.0. The van der Waals surface area contributed by atoms with Crippen LogP contribution in [-0.4, -0.2) is 9.97 Å². The maximum Gasteiger partial charge on any atom is 3.00 e. The molecule has 1 heterocycles. The van der Waals surface area contributed by atoms with E-state index in [1.54, 1.807) is 6.20 Å². The van der Waals surface area contributed by atoms with Gasteiger partial charge >= 0.3 is 19.5 Å². The zero-order chi connectivity index (χ0) is 7.52. The van der Waals surface area contributed by atoms with E-state index in [1.807, 2.05) is 36.5 Å². The Kier molecular flexibility index (Phi) is 5.60. The molecule has 4 heteroatoms. The number of aromatic amines is 1. The molecule has 67 valence electrons. The molecule has 1 radical (unpaired) electrons. The van der Waals surface area contributed by atoms with E-state index >= 15 is 0 Å². The first-order valence-corrected chi connectivity index (χ1v) is 3.51. The Labute approximate surface area is 96.0 Å². The fourth-order valence-corrected chi connectivity index (χ4v) is 1.02. The van der Waals surface area contributed by atoms with Gasteiger partial charge in [-0.3, -0.25) is 0 Å². The van der Waals surface area contributed by atoms with E-state index in [-0.39, 0.29) is 31.9 Å². The summed E-state index contributed by atoms with van der Waals surface area (Å²) in [6.45, 7) is 0. The fraction of sp³-hybridized carbons (Fsp3) is 0. The van der Waals surface area contributed by atoms with Gasteiger partial charge in [0, 0.05) is 18.0 Å². The standard InChI is InChI=1S/C9H8N2.ClH.Ru/c1-2-4-8(5-3-1)9-10-6-7-11-9;;/h1-7H,(H,10,11);1H;/q;;+3/p-1. The monoisotopic (exact) mass is 281 g/mol. The summed E-state index contributed by atoms with van der Waals surface area (Å²) >= 11 is 0. The Morgan fingerprint density at radius 3 is 2.31 bits per heavy atom. The summed E-state index contributed by atoms with van der Waals surface area (Å²) in [4.78, 5) is 7.17.